The largest absolute Gasteiger partial charge is 0.493 e. The fraction of sp³-hybridized carbons (Fsp3) is 0.348. The van der Waals surface area contributed by atoms with Gasteiger partial charge in [-0.25, -0.2) is 4.98 Å². The van der Waals surface area contributed by atoms with Crippen LogP contribution in [0.3, 0.4) is 0 Å². The van der Waals surface area contributed by atoms with Gasteiger partial charge in [-0.05, 0) is 37.0 Å². The van der Waals surface area contributed by atoms with Crippen LogP contribution >= 0.6 is 0 Å². The molecule has 1 heterocycles. The molecule has 0 saturated carbocycles. The second-order valence-electron chi connectivity index (χ2n) is 6.80. The molecule has 0 bridgehead atoms. The molecule has 0 aliphatic rings. The van der Waals surface area contributed by atoms with Crippen LogP contribution in [0.1, 0.15) is 36.3 Å². The van der Waals surface area contributed by atoms with Crippen LogP contribution in [-0.4, -0.2) is 36.5 Å². The summed E-state index contributed by atoms with van der Waals surface area (Å²) in [5.74, 6) is 2.77. The summed E-state index contributed by atoms with van der Waals surface area (Å²) in [5.41, 5.74) is 3.64. The Bertz CT molecular complexity index is 936. The lowest BCUT2D eigenvalue weighted by atomic mass is 9.93. The highest BCUT2D eigenvalue weighted by Gasteiger charge is 2.18. The van der Waals surface area contributed by atoms with E-state index in [2.05, 4.69) is 41.4 Å². The summed E-state index contributed by atoms with van der Waals surface area (Å²) in [6, 6.07) is 14.2. The summed E-state index contributed by atoms with van der Waals surface area (Å²) in [6.45, 7) is 4.08. The zero-order chi connectivity index (χ0) is 20.8. The van der Waals surface area contributed by atoms with E-state index in [1.807, 2.05) is 25.1 Å². The van der Waals surface area contributed by atoms with Gasteiger partial charge in [0.15, 0.2) is 17.3 Å². The van der Waals surface area contributed by atoms with Gasteiger partial charge >= 0.3 is 0 Å². The van der Waals surface area contributed by atoms with Gasteiger partial charge in [0.2, 0.25) is 5.75 Å². The zero-order valence-corrected chi connectivity index (χ0v) is 17.6. The first-order valence-corrected chi connectivity index (χ1v) is 9.66. The van der Waals surface area contributed by atoms with Crippen molar-refractivity contribution in [2.45, 2.75) is 32.6 Å². The van der Waals surface area contributed by atoms with E-state index in [4.69, 9.17) is 19.2 Å². The molecule has 0 saturated heterocycles. The molecule has 0 radical (unpaired) electrons. The Labute approximate surface area is 171 Å². The average Bonchev–Trinajstić information content (AvgIpc) is 2.77. The van der Waals surface area contributed by atoms with Gasteiger partial charge in [-0.3, -0.25) is 0 Å². The topological polar surface area (TPSA) is 66.4 Å². The minimum atomic E-state index is 0.341. The highest BCUT2D eigenvalue weighted by atomic mass is 16.5. The van der Waals surface area contributed by atoms with Crippen LogP contribution in [0.25, 0.3) is 11.3 Å². The molecule has 152 valence electrons. The van der Waals surface area contributed by atoms with Crippen LogP contribution in [-0.2, 0) is 6.42 Å². The van der Waals surface area contributed by atoms with Crippen molar-refractivity contribution < 1.29 is 14.2 Å². The Balaban J connectivity index is 1.99. The highest BCUT2D eigenvalue weighted by molar-refractivity contribution is 5.69. The second kappa shape index (κ2) is 9.37. The molecule has 6 heteroatoms. The Kier molecular flexibility index (Phi) is 6.65. The Morgan fingerprint density at radius 1 is 0.897 bits per heavy atom. The molecule has 0 aliphatic carbocycles. The molecule has 3 rings (SSSR count). The summed E-state index contributed by atoms with van der Waals surface area (Å²) in [4.78, 5) is 4.84. The maximum atomic E-state index is 5.48. The number of aromatic nitrogens is 3. The first-order chi connectivity index (χ1) is 14.1. The van der Waals surface area contributed by atoms with E-state index in [0.717, 1.165) is 35.6 Å². The first-order valence-electron chi connectivity index (χ1n) is 9.66. The Morgan fingerprint density at radius 2 is 1.55 bits per heavy atom. The molecule has 1 unspecified atom stereocenters. The van der Waals surface area contributed by atoms with E-state index in [0.29, 0.717) is 23.2 Å². The van der Waals surface area contributed by atoms with Crippen molar-refractivity contribution >= 4 is 0 Å². The third kappa shape index (κ3) is 4.47. The van der Waals surface area contributed by atoms with Gasteiger partial charge in [-0.15, -0.1) is 5.10 Å². The van der Waals surface area contributed by atoms with Crippen LogP contribution in [0.4, 0.5) is 0 Å². The SMILES string of the molecule is CCC(Cc1nnc(C)c(-c2cc(OC)c(OC)c(OC)c2)n1)c1ccccc1. The Hall–Kier alpha value is -3.15. The molecule has 0 amide bonds. The number of methoxy groups -OCH3 is 3. The van der Waals surface area contributed by atoms with Gasteiger partial charge in [-0.2, -0.15) is 5.10 Å². The first kappa shape index (κ1) is 20.6. The monoisotopic (exact) mass is 393 g/mol. The molecule has 1 atom stereocenters. The van der Waals surface area contributed by atoms with Crippen molar-refractivity contribution in [1.82, 2.24) is 15.2 Å². The summed E-state index contributed by atoms with van der Waals surface area (Å²) in [6.07, 6.45) is 1.73. The molecule has 6 nitrogen and oxygen atoms in total. The average molecular weight is 393 g/mol. The highest BCUT2D eigenvalue weighted by Crippen LogP contribution is 2.41. The number of benzene rings is 2. The molecule has 1 aromatic heterocycles. The van der Waals surface area contributed by atoms with E-state index in [1.165, 1.54) is 5.56 Å². The number of aryl methyl sites for hydroxylation is 1. The molecule has 0 aliphatic heterocycles. The van der Waals surface area contributed by atoms with Gasteiger partial charge < -0.3 is 14.2 Å². The number of hydrogen-bond donors (Lipinski definition) is 0. The fourth-order valence-electron chi connectivity index (χ4n) is 3.43. The molecule has 2 aromatic carbocycles. The van der Waals surface area contributed by atoms with E-state index in [9.17, 15) is 0 Å². The van der Waals surface area contributed by atoms with Crippen molar-refractivity contribution in [3.8, 4) is 28.5 Å². The molecular formula is C23H27N3O3. The van der Waals surface area contributed by atoms with E-state index in [1.54, 1.807) is 21.3 Å². The van der Waals surface area contributed by atoms with Crippen LogP contribution in [0, 0.1) is 6.92 Å². The standard InChI is InChI=1S/C23H27N3O3/c1-6-16(17-10-8-7-9-11-17)14-21-24-22(15(2)25-26-21)18-12-19(27-3)23(29-5)20(13-18)28-4/h7-13,16H,6,14H2,1-5H3. The predicted octanol–water partition coefficient (Wildman–Crippen LogP) is 4.61. The minimum Gasteiger partial charge on any atom is -0.493 e. The number of ether oxygens (including phenoxy) is 3. The van der Waals surface area contributed by atoms with E-state index in [-0.39, 0.29) is 0 Å². The van der Waals surface area contributed by atoms with E-state index >= 15 is 0 Å². The van der Waals surface area contributed by atoms with Crippen molar-refractivity contribution in [1.29, 1.82) is 0 Å². The van der Waals surface area contributed by atoms with Gasteiger partial charge in [0.1, 0.15) is 0 Å². The smallest absolute Gasteiger partial charge is 0.203 e. The summed E-state index contributed by atoms with van der Waals surface area (Å²) in [5, 5.41) is 8.71. The zero-order valence-electron chi connectivity index (χ0n) is 17.6. The second-order valence-corrected chi connectivity index (χ2v) is 6.80. The molecular weight excluding hydrogens is 366 g/mol. The number of rotatable bonds is 8. The number of nitrogens with zero attached hydrogens (tertiary/aromatic N) is 3. The summed E-state index contributed by atoms with van der Waals surface area (Å²) < 4.78 is 16.4. The molecule has 0 spiro atoms. The fourth-order valence-corrected chi connectivity index (χ4v) is 3.43. The van der Waals surface area contributed by atoms with Gasteiger partial charge in [0, 0.05) is 12.0 Å². The molecule has 0 N–H and O–H groups in total. The molecule has 3 aromatic rings. The normalized spacial score (nSPS) is 11.8. The third-order valence-corrected chi connectivity index (χ3v) is 5.03. The van der Waals surface area contributed by atoms with Crippen LogP contribution in [0.2, 0.25) is 0 Å². The van der Waals surface area contributed by atoms with Crippen LogP contribution in [0.15, 0.2) is 42.5 Å². The van der Waals surface area contributed by atoms with Crippen molar-refractivity contribution in [2.24, 2.45) is 0 Å². The van der Waals surface area contributed by atoms with Gasteiger partial charge in [-0.1, -0.05) is 37.3 Å². The molecule has 29 heavy (non-hydrogen) atoms. The lowest BCUT2D eigenvalue weighted by molar-refractivity contribution is 0.324. The number of hydrogen-bond acceptors (Lipinski definition) is 6. The lowest BCUT2D eigenvalue weighted by Crippen LogP contribution is -2.09. The minimum absolute atomic E-state index is 0.341. The maximum Gasteiger partial charge on any atom is 0.203 e. The third-order valence-electron chi connectivity index (χ3n) is 5.03. The molecule has 0 fully saturated rings. The van der Waals surface area contributed by atoms with Gasteiger partial charge in [0.05, 0.1) is 32.7 Å². The maximum absolute atomic E-state index is 5.48. The Morgan fingerprint density at radius 3 is 2.10 bits per heavy atom. The van der Waals surface area contributed by atoms with Crippen molar-refractivity contribution in [2.75, 3.05) is 21.3 Å². The predicted molar refractivity (Wildman–Crippen MR) is 113 cm³/mol. The quantitative estimate of drug-likeness (QED) is 0.557. The van der Waals surface area contributed by atoms with Crippen LogP contribution < -0.4 is 14.2 Å². The summed E-state index contributed by atoms with van der Waals surface area (Å²) in [7, 11) is 4.79. The van der Waals surface area contributed by atoms with Gasteiger partial charge in [0.25, 0.3) is 0 Å². The van der Waals surface area contributed by atoms with Crippen molar-refractivity contribution in [3.63, 3.8) is 0 Å². The summed E-state index contributed by atoms with van der Waals surface area (Å²) >= 11 is 0. The van der Waals surface area contributed by atoms with Crippen LogP contribution in [0.5, 0.6) is 17.2 Å². The van der Waals surface area contributed by atoms with Crippen molar-refractivity contribution in [3.05, 3.63) is 59.5 Å². The lowest BCUT2D eigenvalue weighted by Gasteiger charge is -2.16. The van der Waals surface area contributed by atoms with E-state index < -0.39 is 0 Å².